The first kappa shape index (κ1) is 41.1. The van der Waals surface area contributed by atoms with E-state index in [1.54, 1.807) is 72.9 Å². The lowest BCUT2D eigenvalue weighted by Crippen LogP contribution is -2.45. The number of aromatic nitrogens is 2. The molecule has 1 heterocycles. The van der Waals surface area contributed by atoms with Crippen LogP contribution in [0.3, 0.4) is 0 Å². The van der Waals surface area contributed by atoms with Gasteiger partial charge in [0.15, 0.2) is 27.4 Å². The predicted molar refractivity (Wildman–Crippen MR) is 203 cm³/mol. The Morgan fingerprint density at radius 1 is 0.769 bits per heavy atom. The van der Waals surface area contributed by atoms with E-state index in [0.717, 1.165) is 34.0 Å². The number of fused-ring (bicyclic) bond motifs is 1. The Hall–Kier alpha value is -3.67. The average Bonchev–Trinajstić information content (AvgIpc) is 3.40. The van der Waals surface area contributed by atoms with Gasteiger partial charge in [0.25, 0.3) is 0 Å². The quantitative estimate of drug-likeness (QED) is 0.0424. The monoisotopic (exact) mass is 772 g/mol. The van der Waals surface area contributed by atoms with E-state index in [1.165, 1.54) is 0 Å². The number of ether oxygens (including phenoxy) is 4. The third-order valence-corrected chi connectivity index (χ3v) is 9.43. The molecule has 14 heteroatoms. The summed E-state index contributed by atoms with van der Waals surface area (Å²) in [6.07, 6.45) is 0. The minimum absolute atomic E-state index is 0.219. The third kappa shape index (κ3) is 10.5. The van der Waals surface area contributed by atoms with Crippen LogP contribution in [-0.2, 0) is 49.2 Å². The molecule has 0 radical (unpaired) electrons. The molecule has 0 amide bonds. The Labute approximate surface area is 314 Å². The molecule has 11 nitrogen and oxygen atoms in total. The van der Waals surface area contributed by atoms with Crippen LogP contribution in [-0.4, -0.2) is 46.0 Å². The van der Waals surface area contributed by atoms with E-state index >= 15 is 0 Å². The Balaban J connectivity index is 1.74. The molecule has 0 saturated heterocycles. The molecule has 0 fully saturated rings. The number of rotatable bonds is 13. The molecule has 1 aromatic heterocycles. The smallest absolute Gasteiger partial charge is 0.347 e. The second kappa shape index (κ2) is 16.6. The van der Waals surface area contributed by atoms with E-state index in [9.17, 15) is 18.9 Å². The molecular formula is C38H46ClN2O9PS. The van der Waals surface area contributed by atoms with Gasteiger partial charge in [0.05, 0.1) is 38.1 Å². The summed E-state index contributed by atoms with van der Waals surface area (Å²) in [7, 11) is -1.96. The van der Waals surface area contributed by atoms with Crippen LogP contribution in [0.25, 0.3) is 33.3 Å². The van der Waals surface area contributed by atoms with Gasteiger partial charge in [-0.2, -0.15) is 0 Å². The lowest BCUT2D eigenvalue weighted by atomic mass is 9.97. The minimum atomic E-state index is -2.24. The fourth-order valence-electron chi connectivity index (χ4n) is 4.49. The lowest BCUT2D eigenvalue weighted by molar-refractivity contribution is -0.332. The number of nitrogens with zero attached hydrogens (tertiary/aromatic N) is 2. The molecule has 0 spiro atoms. The van der Waals surface area contributed by atoms with Crippen molar-refractivity contribution in [1.82, 2.24) is 9.55 Å². The van der Waals surface area contributed by atoms with Gasteiger partial charge in [-0.3, -0.25) is 32.8 Å². The minimum Gasteiger partial charge on any atom is -0.443 e. The zero-order valence-corrected chi connectivity index (χ0v) is 33.6. The number of benzene rings is 3. The number of imidazole rings is 1. The Bertz CT molecular complexity index is 1910. The molecule has 0 aliphatic carbocycles. The summed E-state index contributed by atoms with van der Waals surface area (Å²) in [5.74, 6) is -4.27. The van der Waals surface area contributed by atoms with E-state index in [2.05, 4.69) is 0 Å². The predicted octanol–water partition coefficient (Wildman–Crippen LogP) is 9.16. The maximum atomic E-state index is 13.1. The second-order valence-electron chi connectivity index (χ2n) is 15.2. The Morgan fingerprint density at radius 3 is 1.90 bits per heavy atom. The molecule has 2 atom stereocenters. The molecular weight excluding hydrogens is 727 g/mol. The second-order valence-corrected chi connectivity index (χ2v) is 16.9. The molecule has 0 N–H and O–H groups in total. The number of carbonyl (C=O) groups excluding carboxylic acids is 3. The van der Waals surface area contributed by atoms with Crippen molar-refractivity contribution >= 4 is 61.0 Å². The van der Waals surface area contributed by atoms with Gasteiger partial charge in [-0.15, -0.1) is 0 Å². The molecule has 4 aromatic rings. The van der Waals surface area contributed by atoms with E-state index in [0.29, 0.717) is 21.2 Å². The largest absolute Gasteiger partial charge is 0.443 e. The molecule has 2 unspecified atom stereocenters. The van der Waals surface area contributed by atoms with E-state index < -0.39 is 55.6 Å². The molecule has 0 saturated carbocycles. The van der Waals surface area contributed by atoms with Crippen molar-refractivity contribution in [3.8, 4) is 22.3 Å². The van der Waals surface area contributed by atoms with Crippen molar-refractivity contribution in [2.75, 3.05) is 12.5 Å². The lowest BCUT2D eigenvalue weighted by Gasteiger charge is -2.32. The highest BCUT2D eigenvalue weighted by Crippen LogP contribution is 2.38. The van der Waals surface area contributed by atoms with Gasteiger partial charge in [0.2, 0.25) is 0 Å². The fourth-order valence-corrected chi connectivity index (χ4v) is 6.21. The maximum Gasteiger partial charge on any atom is 0.347 e. The number of esters is 3. The first-order valence-corrected chi connectivity index (χ1v) is 18.9. The first-order chi connectivity index (χ1) is 24.2. The number of carbonyl (C=O) groups is 3. The summed E-state index contributed by atoms with van der Waals surface area (Å²) in [4.78, 5) is 43.3. The van der Waals surface area contributed by atoms with Crippen LogP contribution in [0.2, 0.25) is 5.02 Å². The summed E-state index contributed by atoms with van der Waals surface area (Å²) >= 11 is 7.92. The van der Waals surface area contributed by atoms with Crippen molar-refractivity contribution in [3.63, 3.8) is 0 Å². The molecule has 280 valence electrons. The van der Waals surface area contributed by atoms with Gasteiger partial charge in [-0.25, -0.2) is 4.98 Å². The van der Waals surface area contributed by atoms with Gasteiger partial charge in [-0.1, -0.05) is 78.0 Å². The maximum absolute atomic E-state index is 13.1. The van der Waals surface area contributed by atoms with Crippen LogP contribution in [0.5, 0.6) is 0 Å². The van der Waals surface area contributed by atoms with Gasteiger partial charge in [0.1, 0.15) is 0 Å². The van der Waals surface area contributed by atoms with Gasteiger partial charge in [-0.05, 0) is 91.1 Å². The SMILES string of the molecule is CC(C)(C)C(=O)OCOC(CSc1nc2cc(-c3ccc(-c4ccccc4)cc3)c(Cl)cc2n1COC(=O)C(C)(C)C)(O[PH2]=O)OC(=O)C(C)(C)C. The molecule has 0 bridgehead atoms. The molecule has 0 aliphatic rings. The van der Waals surface area contributed by atoms with E-state index in [4.69, 9.17) is 40.1 Å². The normalized spacial score (nSPS) is 13.7. The van der Waals surface area contributed by atoms with Crippen molar-refractivity contribution in [2.24, 2.45) is 16.2 Å². The number of thioether (sulfide) groups is 1. The van der Waals surface area contributed by atoms with Gasteiger partial charge < -0.3 is 14.2 Å². The zero-order valence-electron chi connectivity index (χ0n) is 30.9. The van der Waals surface area contributed by atoms with Gasteiger partial charge >= 0.3 is 23.9 Å². The van der Waals surface area contributed by atoms with Crippen molar-refractivity contribution in [2.45, 2.75) is 80.2 Å². The highest BCUT2D eigenvalue weighted by Gasteiger charge is 2.42. The average molecular weight is 773 g/mol. The summed E-state index contributed by atoms with van der Waals surface area (Å²) in [5.41, 5.74) is 2.23. The molecule has 3 aromatic carbocycles. The van der Waals surface area contributed by atoms with Crippen LogP contribution >= 0.6 is 32.0 Å². The topological polar surface area (TPSA) is 132 Å². The molecule has 52 heavy (non-hydrogen) atoms. The summed E-state index contributed by atoms with van der Waals surface area (Å²) < 4.78 is 41.6. The van der Waals surface area contributed by atoms with Crippen LogP contribution < -0.4 is 0 Å². The number of hydrogen-bond acceptors (Lipinski definition) is 11. The van der Waals surface area contributed by atoms with Crippen LogP contribution in [0.1, 0.15) is 62.3 Å². The summed E-state index contributed by atoms with van der Waals surface area (Å²) in [6.45, 7) is 14.3. The van der Waals surface area contributed by atoms with Crippen molar-refractivity contribution in [3.05, 3.63) is 71.8 Å². The highest BCUT2D eigenvalue weighted by molar-refractivity contribution is 7.99. The summed E-state index contributed by atoms with van der Waals surface area (Å²) in [6, 6.07) is 21.6. The fraction of sp³-hybridized carbons (Fsp3) is 0.421. The van der Waals surface area contributed by atoms with E-state index in [1.807, 2.05) is 60.7 Å². The van der Waals surface area contributed by atoms with Gasteiger partial charge in [0, 0.05) is 5.56 Å². The first-order valence-electron chi connectivity index (χ1n) is 16.6. The molecule has 0 aliphatic heterocycles. The third-order valence-electron chi connectivity index (χ3n) is 7.59. The van der Waals surface area contributed by atoms with Crippen LogP contribution in [0.15, 0.2) is 71.9 Å². The van der Waals surface area contributed by atoms with E-state index in [-0.39, 0.29) is 12.5 Å². The highest BCUT2D eigenvalue weighted by atomic mass is 35.5. The Kier molecular flexibility index (Phi) is 13.1. The number of halogens is 1. The van der Waals surface area contributed by atoms with Crippen LogP contribution in [0.4, 0.5) is 0 Å². The van der Waals surface area contributed by atoms with Crippen LogP contribution in [0, 0.1) is 16.2 Å². The summed E-state index contributed by atoms with van der Waals surface area (Å²) in [5, 5.41) is 0.760. The standard InChI is InChI=1S/C38H46ClN2O9PS/c1-35(2,3)31(42)46-22-41-30-20-28(39)27(26-17-15-25(16-18-26)24-13-11-10-12-14-24)19-29(30)40-34(41)52-21-38(50-51-45,49-33(44)37(7,8)9)48-23-47-32(43)36(4,5)6/h10-20H,21-23,51H2,1-9H3. The number of hydrogen-bond donors (Lipinski definition) is 0. The molecule has 4 rings (SSSR count). The van der Waals surface area contributed by atoms with Crippen molar-refractivity contribution in [1.29, 1.82) is 0 Å². The Morgan fingerprint density at radius 2 is 1.33 bits per heavy atom. The van der Waals surface area contributed by atoms with Crippen molar-refractivity contribution < 1.29 is 42.4 Å². The zero-order chi connectivity index (χ0) is 38.5.